The summed E-state index contributed by atoms with van der Waals surface area (Å²) in [6, 6.07) is 0. The quantitative estimate of drug-likeness (QED) is 0.705. The van der Waals surface area contributed by atoms with Crippen molar-refractivity contribution in [3.63, 3.8) is 0 Å². The molecule has 0 fully saturated rings. The summed E-state index contributed by atoms with van der Waals surface area (Å²) >= 11 is 0. The molecular weight excluding hydrogens is 152 g/mol. The van der Waals surface area contributed by atoms with Crippen LogP contribution in [0, 0.1) is 17.3 Å². The highest BCUT2D eigenvalue weighted by Gasteiger charge is 2.30. The molecule has 0 rings (SSSR count). The molecule has 1 N–H and O–H groups in total. The molecule has 0 spiro atoms. The summed E-state index contributed by atoms with van der Waals surface area (Å²) < 4.78 is 0. The molecule has 0 aromatic rings. The second-order valence-electron chi connectivity index (χ2n) is 4.65. The summed E-state index contributed by atoms with van der Waals surface area (Å²) in [5.41, 5.74) is -0.336. The van der Waals surface area contributed by atoms with Gasteiger partial charge in [-0.2, -0.15) is 0 Å². The molecule has 0 bridgehead atoms. The van der Waals surface area contributed by atoms with Gasteiger partial charge in [0.25, 0.3) is 0 Å². The fourth-order valence-corrected chi connectivity index (χ4v) is 1.15. The van der Waals surface area contributed by atoms with E-state index < -0.39 is 0 Å². The van der Waals surface area contributed by atoms with Gasteiger partial charge in [0.15, 0.2) is 0 Å². The van der Waals surface area contributed by atoms with Crippen molar-refractivity contribution >= 4 is 5.78 Å². The molecule has 0 aliphatic carbocycles. The molecule has 1 atom stereocenters. The van der Waals surface area contributed by atoms with Crippen LogP contribution in [-0.2, 0) is 4.79 Å². The van der Waals surface area contributed by atoms with Crippen molar-refractivity contribution < 1.29 is 9.90 Å². The van der Waals surface area contributed by atoms with Crippen molar-refractivity contribution in [1.82, 2.24) is 0 Å². The van der Waals surface area contributed by atoms with Gasteiger partial charge < -0.3 is 5.11 Å². The molecule has 0 radical (unpaired) electrons. The molecular formula is C10H20O2. The first kappa shape index (κ1) is 11.6. The standard InChI is InChI=1S/C10H20O2/c1-7(2)8(6-11)9(12)10(3,4)5/h7-8,11H,6H2,1-5H3/t8-/m1/s1. The highest BCUT2D eigenvalue weighted by molar-refractivity contribution is 5.86. The van der Waals surface area contributed by atoms with E-state index in [0.29, 0.717) is 0 Å². The second kappa shape index (κ2) is 4.04. The lowest BCUT2D eigenvalue weighted by Crippen LogP contribution is -2.33. The van der Waals surface area contributed by atoms with Gasteiger partial charge in [-0.25, -0.2) is 0 Å². The number of rotatable bonds is 3. The van der Waals surface area contributed by atoms with Crippen LogP contribution in [0.2, 0.25) is 0 Å². The predicted octanol–water partition coefficient (Wildman–Crippen LogP) is 1.87. The van der Waals surface area contributed by atoms with Crippen LogP contribution in [-0.4, -0.2) is 17.5 Å². The van der Waals surface area contributed by atoms with E-state index in [1.807, 2.05) is 34.6 Å². The van der Waals surface area contributed by atoms with Gasteiger partial charge in [-0.05, 0) is 5.92 Å². The minimum Gasteiger partial charge on any atom is -0.396 e. The molecule has 12 heavy (non-hydrogen) atoms. The molecule has 0 unspecified atom stereocenters. The third kappa shape index (κ3) is 2.94. The van der Waals surface area contributed by atoms with Gasteiger partial charge in [-0.3, -0.25) is 4.79 Å². The topological polar surface area (TPSA) is 37.3 Å². The van der Waals surface area contributed by atoms with Gasteiger partial charge in [-0.15, -0.1) is 0 Å². The highest BCUT2D eigenvalue weighted by atomic mass is 16.3. The van der Waals surface area contributed by atoms with Crippen molar-refractivity contribution in [1.29, 1.82) is 0 Å². The van der Waals surface area contributed by atoms with Crippen LogP contribution in [0.4, 0.5) is 0 Å². The summed E-state index contributed by atoms with van der Waals surface area (Å²) in [5.74, 6) is 0.173. The van der Waals surface area contributed by atoms with Gasteiger partial charge in [0.1, 0.15) is 5.78 Å². The van der Waals surface area contributed by atoms with E-state index in [1.165, 1.54) is 0 Å². The first-order chi connectivity index (χ1) is 5.30. The minimum absolute atomic E-state index is 0.0340. The zero-order valence-electron chi connectivity index (χ0n) is 8.72. The molecule has 0 saturated heterocycles. The number of Topliss-reactive ketones (excluding diaryl/α,β-unsaturated/α-hetero) is 1. The number of hydrogen-bond donors (Lipinski definition) is 1. The van der Waals surface area contributed by atoms with Crippen LogP contribution in [0.1, 0.15) is 34.6 Å². The number of aliphatic hydroxyl groups is 1. The van der Waals surface area contributed by atoms with Gasteiger partial charge in [0.05, 0.1) is 6.61 Å². The maximum absolute atomic E-state index is 11.7. The Morgan fingerprint density at radius 2 is 1.75 bits per heavy atom. The Balaban J connectivity index is 4.44. The summed E-state index contributed by atoms with van der Waals surface area (Å²) in [5, 5.41) is 9.01. The lowest BCUT2D eigenvalue weighted by atomic mass is 9.79. The zero-order chi connectivity index (χ0) is 9.94. The Labute approximate surface area is 75.0 Å². The Morgan fingerprint density at radius 3 is 1.83 bits per heavy atom. The number of carbonyl (C=O) groups is 1. The van der Waals surface area contributed by atoms with Crippen molar-refractivity contribution in [2.45, 2.75) is 34.6 Å². The lowest BCUT2D eigenvalue weighted by Gasteiger charge is -2.25. The fraction of sp³-hybridized carbons (Fsp3) is 0.900. The monoisotopic (exact) mass is 172 g/mol. The maximum Gasteiger partial charge on any atom is 0.143 e. The number of hydrogen-bond acceptors (Lipinski definition) is 2. The third-order valence-corrected chi connectivity index (χ3v) is 2.08. The molecule has 0 aliphatic rings. The van der Waals surface area contributed by atoms with E-state index in [4.69, 9.17) is 5.11 Å². The van der Waals surface area contributed by atoms with Crippen molar-refractivity contribution in [3.8, 4) is 0 Å². The van der Waals surface area contributed by atoms with E-state index in [0.717, 1.165) is 0 Å². The first-order valence-electron chi connectivity index (χ1n) is 4.46. The van der Waals surface area contributed by atoms with Gasteiger partial charge >= 0.3 is 0 Å². The second-order valence-corrected chi connectivity index (χ2v) is 4.65. The molecule has 72 valence electrons. The van der Waals surface area contributed by atoms with Crippen LogP contribution < -0.4 is 0 Å². The molecule has 0 aliphatic heterocycles. The van der Waals surface area contributed by atoms with Crippen molar-refractivity contribution in [2.24, 2.45) is 17.3 Å². The normalized spacial score (nSPS) is 14.9. The van der Waals surface area contributed by atoms with Crippen molar-refractivity contribution in [3.05, 3.63) is 0 Å². The third-order valence-electron chi connectivity index (χ3n) is 2.08. The Hall–Kier alpha value is -0.370. The summed E-state index contributed by atoms with van der Waals surface area (Å²) in [7, 11) is 0. The molecule has 2 nitrogen and oxygen atoms in total. The number of ketones is 1. The summed E-state index contributed by atoms with van der Waals surface area (Å²) in [6.45, 7) is 9.56. The Bertz CT molecular complexity index is 154. The summed E-state index contributed by atoms with van der Waals surface area (Å²) in [4.78, 5) is 11.7. The van der Waals surface area contributed by atoms with Crippen molar-refractivity contribution in [2.75, 3.05) is 6.61 Å². The average molecular weight is 172 g/mol. The van der Waals surface area contributed by atoms with E-state index >= 15 is 0 Å². The smallest absolute Gasteiger partial charge is 0.143 e. The first-order valence-corrected chi connectivity index (χ1v) is 4.46. The predicted molar refractivity (Wildman–Crippen MR) is 49.9 cm³/mol. The van der Waals surface area contributed by atoms with Crippen LogP contribution in [0.3, 0.4) is 0 Å². The van der Waals surface area contributed by atoms with Crippen LogP contribution in [0.5, 0.6) is 0 Å². The molecule has 0 heterocycles. The zero-order valence-corrected chi connectivity index (χ0v) is 8.72. The van der Waals surface area contributed by atoms with E-state index in [1.54, 1.807) is 0 Å². The van der Waals surface area contributed by atoms with Crippen LogP contribution in [0.15, 0.2) is 0 Å². The van der Waals surface area contributed by atoms with Gasteiger partial charge in [0.2, 0.25) is 0 Å². The molecule has 2 heteroatoms. The maximum atomic E-state index is 11.7. The minimum atomic E-state index is -0.336. The largest absolute Gasteiger partial charge is 0.396 e. The highest BCUT2D eigenvalue weighted by Crippen LogP contribution is 2.24. The number of carbonyl (C=O) groups excluding carboxylic acids is 1. The average Bonchev–Trinajstić information content (AvgIpc) is 1.86. The molecule has 0 aromatic carbocycles. The Morgan fingerprint density at radius 1 is 1.33 bits per heavy atom. The van der Waals surface area contributed by atoms with Crippen LogP contribution in [0.25, 0.3) is 0 Å². The van der Waals surface area contributed by atoms with E-state index in [9.17, 15) is 4.79 Å². The lowest BCUT2D eigenvalue weighted by molar-refractivity contribution is -0.133. The molecule has 0 amide bonds. The van der Waals surface area contributed by atoms with Crippen LogP contribution >= 0.6 is 0 Å². The van der Waals surface area contributed by atoms with E-state index in [2.05, 4.69) is 0 Å². The fourth-order valence-electron chi connectivity index (χ4n) is 1.15. The molecule has 0 aromatic heterocycles. The SMILES string of the molecule is CC(C)[C@@H](CO)C(=O)C(C)(C)C. The number of aliphatic hydroxyl groups excluding tert-OH is 1. The van der Waals surface area contributed by atoms with Gasteiger partial charge in [-0.1, -0.05) is 34.6 Å². The Kier molecular flexibility index (Phi) is 3.91. The van der Waals surface area contributed by atoms with Gasteiger partial charge in [0, 0.05) is 11.3 Å². The molecule has 0 saturated carbocycles. The van der Waals surface area contributed by atoms with E-state index in [-0.39, 0.29) is 29.6 Å². The summed E-state index contributed by atoms with van der Waals surface area (Å²) in [6.07, 6.45) is 0.